The summed E-state index contributed by atoms with van der Waals surface area (Å²) in [7, 11) is 1.68. The third kappa shape index (κ3) is 8.22. The molecule has 6 nitrogen and oxygen atoms in total. The van der Waals surface area contributed by atoms with Crippen LogP contribution in [0, 0.1) is 5.82 Å². The van der Waals surface area contributed by atoms with Crippen LogP contribution in [-0.2, 0) is 11.2 Å². The van der Waals surface area contributed by atoms with E-state index in [1.54, 1.807) is 19.2 Å². The first-order valence-corrected chi connectivity index (χ1v) is 8.81. The lowest BCUT2D eigenvalue weighted by Gasteiger charge is -2.13. The molecule has 0 fully saturated rings. The van der Waals surface area contributed by atoms with E-state index in [2.05, 4.69) is 20.9 Å². The summed E-state index contributed by atoms with van der Waals surface area (Å²) in [6.07, 6.45) is 0.226. The Morgan fingerprint density at radius 3 is 2.33 bits per heavy atom. The number of nitrogens with zero attached hydrogens (tertiary/aromatic N) is 1. The number of nitrogens with one attached hydrogen (secondary N) is 3. The molecule has 0 saturated carbocycles. The molecule has 0 aliphatic heterocycles. The molecule has 0 heterocycles. The number of halogens is 1. The van der Waals surface area contributed by atoms with Gasteiger partial charge in [0.25, 0.3) is 0 Å². The number of carbonyl (C=O) groups excluding carboxylic acids is 1. The lowest BCUT2D eigenvalue weighted by atomic mass is 10.1. The van der Waals surface area contributed by atoms with Crippen LogP contribution < -0.4 is 20.7 Å². The van der Waals surface area contributed by atoms with Crippen molar-refractivity contribution in [2.45, 2.75) is 6.42 Å². The summed E-state index contributed by atoms with van der Waals surface area (Å²) in [6, 6.07) is 15.5. The van der Waals surface area contributed by atoms with Gasteiger partial charge in [0.2, 0.25) is 5.91 Å². The van der Waals surface area contributed by atoms with Gasteiger partial charge in [0.05, 0.1) is 13.0 Å². The van der Waals surface area contributed by atoms with Crippen LogP contribution in [0.15, 0.2) is 59.6 Å². The fourth-order valence-corrected chi connectivity index (χ4v) is 2.31. The predicted molar refractivity (Wildman–Crippen MR) is 104 cm³/mol. The third-order valence-corrected chi connectivity index (χ3v) is 3.65. The van der Waals surface area contributed by atoms with Crippen LogP contribution in [-0.4, -0.2) is 45.2 Å². The number of ether oxygens (including phenoxy) is 1. The fraction of sp³-hybridized carbons (Fsp3) is 0.300. The number of para-hydroxylation sites is 1. The summed E-state index contributed by atoms with van der Waals surface area (Å²) < 4.78 is 18.4. The van der Waals surface area contributed by atoms with E-state index in [0.717, 1.165) is 11.3 Å². The van der Waals surface area contributed by atoms with Crippen LogP contribution in [0.2, 0.25) is 0 Å². The van der Waals surface area contributed by atoms with Crippen molar-refractivity contribution >= 4 is 11.9 Å². The minimum absolute atomic E-state index is 0.109. The molecule has 2 rings (SSSR count). The molecule has 0 saturated heterocycles. The summed E-state index contributed by atoms with van der Waals surface area (Å²) in [5, 5.41) is 9.06. The SMILES string of the molecule is CN=C(NCCNC(=O)Cc1ccc(F)cc1)NCCOc1ccccc1. The van der Waals surface area contributed by atoms with Crippen LogP contribution in [0.5, 0.6) is 5.75 Å². The number of benzene rings is 2. The van der Waals surface area contributed by atoms with Gasteiger partial charge >= 0.3 is 0 Å². The Labute approximate surface area is 158 Å². The Balaban J connectivity index is 1.56. The summed E-state index contributed by atoms with van der Waals surface area (Å²) in [4.78, 5) is 16.0. The van der Waals surface area contributed by atoms with Gasteiger partial charge in [-0.1, -0.05) is 30.3 Å². The summed E-state index contributed by atoms with van der Waals surface area (Å²) in [5.41, 5.74) is 0.776. The van der Waals surface area contributed by atoms with Crippen molar-refractivity contribution in [3.8, 4) is 5.75 Å². The number of hydrogen-bond acceptors (Lipinski definition) is 3. The standard InChI is InChI=1S/C20H25FN4O2/c1-22-20(25-13-14-27-18-5-3-2-4-6-18)24-12-11-23-19(26)15-16-7-9-17(21)10-8-16/h2-10H,11-15H2,1H3,(H,23,26)(H2,22,24,25). The largest absolute Gasteiger partial charge is 0.492 e. The lowest BCUT2D eigenvalue weighted by molar-refractivity contribution is -0.120. The highest BCUT2D eigenvalue weighted by molar-refractivity contribution is 5.80. The maximum atomic E-state index is 12.8. The zero-order valence-corrected chi connectivity index (χ0v) is 15.4. The van der Waals surface area contributed by atoms with E-state index in [1.807, 2.05) is 30.3 Å². The molecule has 0 radical (unpaired) electrons. The number of amides is 1. The normalized spacial score (nSPS) is 11.0. The van der Waals surface area contributed by atoms with Crippen molar-refractivity contribution in [1.29, 1.82) is 0 Å². The van der Waals surface area contributed by atoms with E-state index >= 15 is 0 Å². The Hall–Kier alpha value is -3.09. The van der Waals surface area contributed by atoms with Crippen molar-refractivity contribution in [2.24, 2.45) is 4.99 Å². The van der Waals surface area contributed by atoms with Crippen LogP contribution in [0.25, 0.3) is 0 Å². The summed E-state index contributed by atoms with van der Waals surface area (Å²) >= 11 is 0. The van der Waals surface area contributed by atoms with Gasteiger partial charge in [0.15, 0.2) is 5.96 Å². The molecular weight excluding hydrogens is 347 g/mol. The minimum atomic E-state index is -0.309. The Morgan fingerprint density at radius 2 is 1.63 bits per heavy atom. The van der Waals surface area contributed by atoms with Gasteiger partial charge in [-0.3, -0.25) is 9.79 Å². The Kier molecular flexibility index (Phi) is 8.62. The van der Waals surface area contributed by atoms with Crippen LogP contribution in [0.3, 0.4) is 0 Å². The maximum Gasteiger partial charge on any atom is 0.224 e. The highest BCUT2D eigenvalue weighted by Crippen LogP contribution is 2.07. The Morgan fingerprint density at radius 1 is 0.963 bits per heavy atom. The van der Waals surface area contributed by atoms with Crippen molar-refractivity contribution in [3.05, 3.63) is 66.0 Å². The second-order valence-electron chi connectivity index (χ2n) is 5.74. The molecule has 0 atom stereocenters. The zero-order chi connectivity index (χ0) is 19.3. The molecule has 144 valence electrons. The van der Waals surface area contributed by atoms with E-state index in [0.29, 0.717) is 32.2 Å². The molecule has 0 unspecified atom stereocenters. The molecule has 2 aromatic rings. The molecule has 7 heteroatoms. The first-order chi connectivity index (χ1) is 13.2. The average molecular weight is 372 g/mol. The van der Waals surface area contributed by atoms with E-state index in [4.69, 9.17) is 4.74 Å². The molecule has 0 aliphatic carbocycles. The van der Waals surface area contributed by atoms with Gasteiger partial charge in [0.1, 0.15) is 18.2 Å². The molecule has 0 aliphatic rings. The lowest BCUT2D eigenvalue weighted by Crippen LogP contribution is -2.42. The van der Waals surface area contributed by atoms with Crippen LogP contribution in [0.1, 0.15) is 5.56 Å². The quantitative estimate of drug-likeness (QED) is 0.356. The molecular formula is C20H25FN4O2. The third-order valence-electron chi connectivity index (χ3n) is 3.65. The van der Waals surface area contributed by atoms with Crippen molar-refractivity contribution < 1.29 is 13.9 Å². The van der Waals surface area contributed by atoms with Crippen molar-refractivity contribution in [2.75, 3.05) is 33.3 Å². The number of aliphatic imine (C=N–C) groups is 1. The van der Waals surface area contributed by atoms with Gasteiger partial charge in [-0.15, -0.1) is 0 Å². The highest BCUT2D eigenvalue weighted by atomic mass is 19.1. The minimum Gasteiger partial charge on any atom is -0.492 e. The second-order valence-corrected chi connectivity index (χ2v) is 5.74. The summed E-state index contributed by atoms with van der Waals surface area (Å²) in [6.45, 7) is 2.11. The van der Waals surface area contributed by atoms with Gasteiger partial charge in [-0.25, -0.2) is 4.39 Å². The van der Waals surface area contributed by atoms with Gasteiger partial charge in [-0.05, 0) is 29.8 Å². The average Bonchev–Trinajstić information content (AvgIpc) is 2.69. The highest BCUT2D eigenvalue weighted by Gasteiger charge is 2.03. The van der Waals surface area contributed by atoms with E-state index < -0.39 is 0 Å². The first kappa shape index (κ1) is 20.2. The number of rotatable bonds is 9. The molecule has 0 bridgehead atoms. The van der Waals surface area contributed by atoms with E-state index in [9.17, 15) is 9.18 Å². The first-order valence-electron chi connectivity index (χ1n) is 8.81. The van der Waals surface area contributed by atoms with E-state index in [1.165, 1.54) is 12.1 Å². The Bertz CT molecular complexity index is 721. The number of hydrogen-bond donors (Lipinski definition) is 3. The molecule has 2 aromatic carbocycles. The zero-order valence-electron chi connectivity index (χ0n) is 15.4. The van der Waals surface area contributed by atoms with Crippen LogP contribution >= 0.6 is 0 Å². The van der Waals surface area contributed by atoms with Crippen molar-refractivity contribution in [1.82, 2.24) is 16.0 Å². The molecule has 1 amide bonds. The van der Waals surface area contributed by atoms with Crippen LogP contribution in [0.4, 0.5) is 4.39 Å². The van der Waals surface area contributed by atoms with Gasteiger partial charge < -0.3 is 20.7 Å². The topological polar surface area (TPSA) is 74.8 Å². The fourth-order valence-electron chi connectivity index (χ4n) is 2.31. The monoisotopic (exact) mass is 372 g/mol. The molecule has 3 N–H and O–H groups in total. The smallest absolute Gasteiger partial charge is 0.224 e. The number of carbonyl (C=O) groups is 1. The van der Waals surface area contributed by atoms with Crippen molar-refractivity contribution in [3.63, 3.8) is 0 Å². The predicted octanol–water partition coefficient (Wildman–Crippen LogP) is 1.73. The van der Waals surface area contributed by atoms with Gasteiger partial charge in [-0.2, -0.15) is 0 Å². The maximum absolute atomic E-state index is 12.8. The molecule has 27 heavy (non-hydrogen) atoms. The molecule has 0 spiro atoms. The summed E-state index contributed by atoms with van der Waals surface area (Å²) in [5.74, 6) is 1.05. The molecule has 0 aromatic heterocycles. The van der Waals surface area contributed by atoms with Gasteiger partial charge in [0, 0.05) is 20.1 Å². The second kappa shape index (κ2) is 11.5. The number of guanidine groups is 1. The van der Waals surface area contributed by atoms with E-state index in [-0.39, 0.29) is 18.1 Å².